The van der Waals surface area contributed by atoms with Gasteiger partial charge in [0.05, 0.1) is 17.2 Å². The maximum atomic E-state index is 15.0. The fourth-order valence-electron chi connectivity index (χ4n) is 4.00. The highest BCUT2D eigenvalue weighted by atomic mass is 32.1. The average Bonchev–Trinajstić information content (AvgIpc) is 3.21. The predicted molar refractivity (Wildman–Crippen MR) is 112 cm³/mol. The Morgan fingerprint density at radius 1 is 0.800 bits per heavy atom. The molecule has 1 nitrogen and oxygen atoms in total. The lowest BCUT2D eigenvalue weighted by Crippen LogP contribution is -2.49. The molecule has 1 heterocycles. The molecule has 0 saturated heterocycles. The molecule has 0 N–H and O–H groups in total. The molecule has 0 amide bonds. The van der Waals surface area contributed by atoms with E-state index in [1.165, 1.54) is 31.2 Å². The van der Waals surface area contributed by atoms with E-state index in [-0.39, 0.29) is 15.3 Å². The van der Waals surface area contributed by atoms with E-state index < -0.39 is 51.8 Å². The van der Waals surface area contributed by atoms with Gasteiger partial charge in [-0.2, -0.15) is 44.8 Å². The van der Waals surface area contributed by atoms with E-state index in [0.717, 1.165) is 29.5 Å². The molecule has 0 spiro atoms. The quantitative estimate of drug-likeness (QED) is 0.320. The number of hydrogen-bond donors (Lipinski definition) is 0. The Labute approximate surface area is 196 Å². The molecule has 0 aliphatic heterocycles. The van der Waals surface area contributed by atoms with E-state index in [0.29, 0.717) is 17.7 Å². The lowest BCUT2D eigenvalue weighted by atomic mass is 9.91. The van der Waals surface area contributed by atoms with Gasteiger partial charge in [-0.3, -0.25) is 0 Å². The standard InChI is InChI=1S/C24H12F9NS/c1-12-16(10-18(35-12)14-6-4-5-13(9-14)11-34)20-19(21(25,26)24(32,33)22(20,27)28)15-7-2-3-8-17(15)23(29,30)31/h2-10H,1H3. The molecule has 0 bridgehead atoms. The summed E-state index contributed by atoms with van der Waals surface area (Å²) in [5, 5.41) is 9.07. The molecule has 1 aromatic heterocycles. The first kappa shape index (κ1) is 24.9. The van der Waals surface area contributed by atoms with Gasteiger partial charge in [0.1, 0.15) is 0 Å². The molecule has 11 heteroatoms. The first-order valence-electron chi connectivity index (χ1n) is 9.81. The Bertz CT molecular complexity index is 1390. The Morgan fingerprint density at radius 3 is 2.00 bits per heavy atom. The Morgan fingerprint density at radius 2 is 1.40 bits per heavy atom. The van der Waals surface area contributed by atoms with Crippen molar-refractivity contribution in [2.24, 2.45) is 0 Å². The van der Waals surface area contributed by atoms with Crippen molar-refractivity contribution in [3.63, 3.8) is 0 Å². The molecule has 2 aromatic carbocycles. The van der Waals surface area contributed by atoms with Crippen molar-refractivity contribution >= 4 is 22.5 Å². The maximum Gasteiger partial charge on any atom is 0.416 e. The lowest BCUT2D eigenvalue weighted by molar-refractivity contribution is -0.254. The van der Waals surface area contributed by atoms with Gasteiger partial charge in [0.25, 0.3) is 0 Å². The first-order chi connectivity index (χ1) is 16.1. The number of halogens is 9. The lowest BCUT2D eigenvalue weighted by Gasteiger charge is -2.26. The fourth-order valence-corrected chi connectivity index (χ4v) is 5.02. The van der Waals surface area contributed by atoms with E-state index >= 15 is 8.78 Å². The summed E-state index contributed by atoms with van der Waals surface area (Å²) in [5.41, 5.74) is -7.33. The van der Waals surface area contributed by atoms with Crippen molar-refractivity contribution in [3.8, 4) is 16.5 Å². The molecule has 3 aromatic rings. The van der Waals surface area contributed by atoms with Gasteiger partial charge in [0.15, 0.2) is 0 Å². The van der Waals surface area contributed by atoms with Crippen molar-refractivity contribution in [1.29, 1.82) is 5.26 Å². The van der Waals surface area contributed by atoms with E-state index in [9.17, 15) is 30.7 Å². The molecule has 0 atom stereocenters. The summed E-state index contributed by atoms with van der Waals surface area (Å²) in [4.78, 5) is 0.0902. The number of benzene rings is 2. The van der Waals surface area contributed by atoms with E-state index in [2.05, 4.69) is 0 Å². The third-order valence-electron chi connectivity index (χ3n) is 5.63. The number of rotatable bonds is 3. The molecule has 35 heavy (non-hydrogen) atoms. The van der Waals surface area contributed by atoms with Gasteiger partial charge in [0, 0.05) is 20.9 Å². The normalized spacial score (nSPS) is 18.5. The van der Waals surface area contributed by atoms with Gasteiger partial charge in [-0.1, -0.05) is 30.3 Å². The van der Waals surface area contributed by atoms with E-state index in [1.54, 1.807) is 0 Å². The maximum absolute atomic E-state index is 15.0. The van der Waals surface area contributed by atoms with Crippen molar-refractivity contribution in [2.75, 3.05) is 0 Å². The minimum Gasteiger partial charge on any atom is -0.194 e. The number of hydrogen-bond acceptors (Lipinski definition) is 2. The van der Waals surface area contributed by atoms with Crippen molar-refractivity contribution < 1.29 is 39.5 Å². The van der Waals surface area contributed by atoms with Crippen LogP contribution in [0.1, 0.15) is 27.1 Å². The van der Waals surface area contributed by atoms with Crippen molar-refractivity contribution in [2.45, 2.75) is 30.9 Å². The monoisotopic (exact) mass is 517 g/mol. The van der Waals surface area contributed by atoms with Crippen LogP contribution in [0, 0.1) is 18.3 Å². The Hall–Kier alpha value is -3.26. The smallest absolute Gasteiger partial charge is 0.194 e. The molecule has 0 radical (unpaired) electrons. The highest BCUT2D eigenvalue weighted by Gasteiger charge is 2.80. The van der Waals surface area contributed by atoms with Gasteiger partial charge in [-0.15, -0.1) is 11.3 Å². The summed E-state index contributed by atoms with van der Waals surface area (Å²) >= 11 is 0.793. The van der Waals surface area contributed by atoms with Crippen LogP contribution in [0.15, 0.2) is 54.6 Å². The van der Waals surface area contributed by atoms with Crippen LogP contribution in [-0.2, 0) is 6.18 Å². The van der Waals surface area contributed by atoms with Gasteiger partial charge in [-0.25, -0.2) is 0 Å². The summed E-state index contributed by atoms with van der Waals surface area (Å²) in [5.74, 6) is -17.1. The van der Waals surface area contributed by atoms with E-state index in [1.807, 2.05) is 6.07 Å². The zero-order chi connectivity index (χ0) is 26.0. The first-order valence-corrected chi connectivity index (χ1v) is 10.6. The molecule has 4 rings (SSSR count). The van der Waals surface area contributed by atoms with Crippen molar-refractivity contribution in [1.82, 2.24) is 0 Å². The van der Waals surface area contributed by atoms with Crippen LogP contribution in [0.4, 0.5) is 39.5 Å². The third-order valence-corrected chi connectivity index (χ3v) is 6.73. The molecule has 0 unspecified atom stereocenters. The van der Waals surface area contributed by atoms with Gasteiger partial charge >= 0.3 is 23.9 Å². The average molecular weight is 517 g/mol. The molecule has 0 fully saturated rings. The SMILES string of the molecule is Cc1sc(-c2cccc(C#N)c2)cc1C1=C(c2ccccc2C(F)(F)F)C(F)(F)C(F)(F)C1(F)F. The summed E-state index contributed by atoms with van der Waals surface area (Å²) in [6, 6.07) is 11.2. The van der Waals surface area contributed by atoms with Crippen molar-refractivity contribution in [3.05, 3.63) is 81.7 Å². The molecule has 1 aliphatic rings. The number of nitriles is 1. The topological polar surface area (TPSA) is 23.8 Å². The van der Waals surface area contributed by atoms with Gasteiger partial charge < -0.3 is 0 Å². The van der Waals surface area contributed by atoms with Crippen LogP contribution in [0.3, 0.4) is 0 Å². The van der Waals surface area contributed by atoms with Crippen LogP contribution in [0.5, 0.6) is 0 Å². The highest BCUT2D eigenvalue weighted by molar-refractivity contribution is 7.15. The zero-order valence-corrected chi connectivity index (χ0v) is 18.3. The molecule has 182 valence electrons. The van der Waals surface area contributed by atoms with Crippen LogP contribution in [0.25, 0.3) is 21.6 Å². The zero-order valence-electron chi connectivity index (χ0n) is 17.5. The summed E-state index contributed by atoms with van der Waals surface area (Å²) in [6.07, 6.45) is -5.27. The minimum atomic E-state index is -5.99. The highest BCUT2D eigenvalue weighted by Crippen LogP contribution is 2.66. The van der Waals surface area contributed by atoms with Crippen LogP contribution in [0.2, 0.25) is 0 Å². The summed E-state index contributed by atoms with van der Waals surface area (Å²) in [7, 11) is 0. The second kappa shape index (κ2) is 7.88. The second-order valence-electron chi connectivity index (χ2n) is 7.79. The predicted octanol–water partition coefficient (Wildman–Crippen LogP) is 8.44. The van der Waals surface area contributed by atoms with Crippen LogP contribution in [-0.4, -0.2) is 17.8 Å². The molecule has 1 aliphatic carbocycles. The number of allylic oxidation sites excluding steroid dienone is 2. The van der Waals surface area contributed by atoms with E-state index in [4.69, 9.17) is 5.26 Å². The molecular weight excluding hydrogens is 505 g/mol. The largest absolute Gasteiger partial charge is 0.416 e. The van der Waals surface area contributed by atoms with Crippen LogP contribution < -0.4 is 0 Å². The number of aryl methyl sites for hydroxylation is 1. The van der Waals surface area contributed by atoms with Gasteiger partial charge in [-0.05, 0) is 47.9 Å². The minimum absolute atomic E-state index is 0.0903. The molecular formula is C24H12F9NS. The number of thiophene rings is 1. The number of alkyl halides is 9. The fraction of sp³-hybridized carbons (Fsp3) is 0.208. The summed E-state index contributed by atoms with van der Waals surface area (Å²) < 4.78 is 130. The third kappa shape index (κ3) is 3.62. The number of nitrogens with zero attached hydrogens (tertiary/aromatic N) is 1. The summed E-state index contributed by atoms with van der Waals surface area (Å²) in [6.45, 7) is 1.21. The van der Waals surface area contributed by atoms with Crippen LogP contribution >= 0.6 is 11.3 Å². The Balaban J connectivity index is 2.07. The Kier molecular flexibility index (Phi) is 5.60. The van der Waals surface area contributed by atoms with Gasteiger partial charge in [0.2, 0.25) is 0 Å². The second-order valence-corrected chi connectivity index (χ2v) is 9.05. The molecule has 0 saturated carbocycles.